The summed E-state index contributed by atoms with van der Waals surface area (Å²) in [6, 6.07) is 11.3. The van der Waals surface area contributed by atoms with Crippen LogP contribution < -0.4 is 0 Å². The topological polar surface area (TPSA) is 46.6 Å². The van der Waals surface area contributed by atoms with Crippen molar-refractivity contribution in [2.24, 2.45) is 0 Å². The normalized spacial score (nSPS) is 19.5. The molecule has 1 aliphatic rings. The van der Waals surface area contributed by atoms with Gasteiger partial charge in [0.15, 0.2) is 0 Å². The van der Waals surface area contributed by atoms with Gasteiger partial charge in [-0.25, -0.2) is 0 Å². The van der Waals surface area contributed by atoms with Gasteiger partial charge in [0.05, 0.1) is 29.6 Å². The molecule has 2 aromatic rings. The van der Waals surface area contributed by atoms with E-state index in [1.807, 2.05) is 26.0 Å². The summed E-state index contributed by atoms with van der Waals surface area (Å²) >= 11 is 12.2. The average Bonchev–Trinajstić information content (AvgIpc) is 2.63. The molecule has 1 atom stereocenters. The van der Waals surface area contributed by atoms with E-state index in [0.29, 0.717) is 36.2 Å². The number of carbonyl (C=O) groups excluding carboxylic acids is 2. The molecule has 1 saturated heterocycles. The minimum atomic E-state index is -0.910. The van der Waals surface area contributed by atoms with Crippen molar-refractivity contribution in [1.82, 2.24) is 4.90 Å². The van der Waals surface area contributed by atoms with E-state index in [9.17, 15) is 9.59 Å². The number of aryl methyl sites for hydroxylation is 2. The summed E-state index contributed by atoms with van der Waals surface area (Å²) in [5.74, 6) is 0.0173. The monoisotopic (exact) mass is 419 g/mol. The van der Waals surface area contributed by atoms with Gasteiger partial charge < -0.3 is 14.4 Å². The van der Waals surface area contributed by atoms with Gasteiger partial charge in [-0.05, 0) is 37.1 Å². The van der Waals surface area contributed by atoms with Gasteiger partial charge >= 0.3 is 0 Å². The number of benzene rings is 2. The molecular formula is C22H23Cl2NO3. The molecule has 0 spiro atoms. The maximum absolute atomic E-state index is 13.0. The molecule has 0 bridgehead atoms. The number of hydrogen-bond acceptors (Lipinski definition) is 3. The van der Waals surface area contributed by atoms with E-state index in [-0.39, 0.29) is 12.3 Å². The van der Waals surface area contributed by atoms with E-state index in [0.717, 1.165) is 28.5 Å². The molecule has 0 N–H and O–H groups in total. The van der Waals surface area contributed by atoms with Crippen LogP contribution in [-0.2, 0) is 26.3 Å². The lowest BCUT2D eigenvalue weighted by molar-refractivity contribution is -0.155. The molecule has 6 heteroatoms. The highest BCUT2D eigenvalue weighted by Gasteiger charge is 2.40. The van der Waals surface area contributed by atoms with E-state index in [1.165, 1.54) is 0 Å². The van der Waals surface area contributed by atoms with Gasteiger partial charge in [-0.15, -0.1) is 0 Å². The van der Waals surface area contributed by atoms with E-state index in [1.54, 1.807) is 23.1 Å². The Kier molecular flexibility index (Phi) is 6.43. The molecule has 1 fully saturated rings. The summed E-state index contributed by atoms with van der Waals surface area (Å²) in [7, 11) is 0. The number of hydrogen-bond donors (Lipinski definition) is 0. The fourth-order valence-corrected chi connectivity index (χ4v) is 4.08. The Hall–Kier alpha value is -1.88. The van der Waals surface area contributed by atoms with E-state index >= 15 is 0 Å². The minimum Gasteiger partial charge on any atom is -0.366 e. The fraction of sp³-hybridized carbons (Fsp3) is 0.364. The predicted molar refractivity (Wildman–Crippen MR) is 111 cm³/mol. The van der Waals surface area contributed by atoms with Gasteiger partial charge in [-0.1, -0.05) is 58.6 Å². The number of morpholine rings is 1. The Balaban J connectivity index is 1.84. The van der Waals surface area contributed by atoms with Crippen molar-refractivity contribution in [3.05, 3.63) is 68.7 Å². The standard InChI is InChI=1S/C22H23Cl2NO3/c1-15-9-16(2)11-17(10-15)12-21(27)25-6-8-28-22(14-25,5-7-26)18-3-4-19(23)20(24)13-18/h3-4,7,9-11,13H,5-6,8,12,14H2,1-2H3. The molecule has 2 aromatic carbocycles. The lowest BCUT2D eigenvalue weighted by Gasteiger charge is -2.42. The van der Waals surface area contributed by atoms with Crippen LogP contribution >= 0.6 is 23.2 Å². The fourth-order valence-electron chi connectivity index (χ4n) is 3.78. The Labute approximate surface area is 175 Å². The number of ether oxygens (including phenoxy) is 1. The zero-order valence-electron chi connectivity index (χ0n) is 16.0. The van der Waals surface area contributed by atoms with Gasteiger partial charge in [-0.3, -0.25) is 4.79 Å². The van der Waals surface area contributed by atoms with Crippen LogP contribution in [0.3, 0.4) is 0 Å². The van der Waals surface area contributed by atoms with Crippen molar-refractivity contribution >= 4 is 35.4 Å². The summed E-state index contributed by atoms with van der Waals surface area (Å²) in [5, 5.41) is 0.831. The van der Waals surface area contributed by atoms with Gasteiger partial charge in [0.1, 0.15) is 11.9 Å². The molecule has 0 aromatic heterocycles. The Morgan fingerprint density at radius 1 is 1.14 bits per heavy atom. The minimum absolute atomic E-state index is 0.0173. The highest BCUT2D eigenvalue weighted by Crippen LogP contribution is 2.36. The van der Waals surface area contributed by atoms with Crippen molar-refractivity contribution in [2.45, 2.75) is 32.3 Å². The van der Waals surface area contributed by atoms with Gasteiger partial charge in [0, 0.05) is 13.0 Å². The van der Waals surface area contributed by atoms with Crippen molar-refractivity contribution in [3.8, 4) is 0 Å². The van der Waals surface area contributed by atoms with Crippen molar-refractivity contribution in [3.63, 3.8) is 0 Å². The molecule has 0 radical (unpaired) electrons. The number of carbonyl (C=O) groups is 2. The second-order valence-corrected chi connectivity index (χ2v) is 8.14. The molecule has 1 heterocycles. The summed E-state index contributed by atoms with van der Waals surface area (Å²) in [4.78, 5) is 26.1. The Bertz CT molecular complexity index is 879. The zero-order chi connectivity index (χ0) is 20.3. The third kappa shape index (κ3) is 4.57. The number of halogens is 2. The molecule has 148 valence electrons. The maximum atomic E-state index is 13.0. The van der Waals surface area contributed by atoms with Crippen molar-refractivity contribution in [2.75, 3.05) is 19.7 Å². The largest absolute Gasteiger partial charge is 0.366 e. The molecule has 1 amide bonds. The molecule has 1 aliphatic heterocycles. The van der Waals surface area contributed by atoms with Crippen molar-refractivity contribution < 1.29 is 14.3 Å². The average molecular weight is 420 g/mol. The second kappa shape index (κ2) is 8.64. The molecule has 4 nitrogen and oxygen atoms in total. The van der Waals surface area contributed by atoms with Crippen LogP contribution in [-0.4, -0.2) is 36.8 Å². The van der Waals surface area contributed by atoms with E-state index < -0.39 is 5.60 Å². The second-order valence-electron chi connectivity index (χ2n) is 7.33. The molecule has 3 rings (SSSR count). The maximum Gasteiger partial charge on any atom is 0.227 e. The summed E-state index contributed by atoms with van der Waals surface area (Å²) in [6.45, 7) is 5.19. The van der Waals surface area contributed by atoms with Gasteiger partial charge in [-0.2, -0.15) is 0 Å². The first-order chi connectivity index (χ1) is 13.3. The SMILES string of the molecule is Cc1cc(C)cc(CC(=O)N2CCOC(CC=O)(c3ccc(Cl)c(Cl)c3)C2)c1. The lowest BCUT2D eigenvalue weighted by atomic mass is 9.88. The molecule has 28 heavy (non-hydrogen) atoms. The number of aldehydes is 1. The van der Waals surface area contributed by atoms with E-state index in [2.05, 4.69) is 6.07 Å². The van der Waals surface area contributed by atoms with Crippen LogP contribution in [0, 0.1) is 13.8 Å². The quantitative estimate of drug-likeness (QED) is 0.670. The molecular weight excluding hydrogens is 397 g/mol. The summed E-state index contributed by atoms with van der Waals surface area (Å²) in [6.07, 6.45) is 1.28. The van der Waals surface area contributed by atoms with Crippen LogP contribution in [0.1, 0.15) is 28.7 Å². The van der Waals surface area contributed by atoms with Crippen LogP contribution in [0.5, 0.6) is 0 Å². The van der Waals surface area contributed by atoms with Crippen LogP contribution in [0.4, 0.5) is 0 Å². The zero-order valence-corrected chi connectivity index (χ0v) is 17.5. The highest BCUT2D eigenvalue weighted by molar-refractivity contribution is 6.42. The van der Waals surface area contributed by atoms with Crippen LogP contribution in [0.15, 0.2) is 36.4 Å². The number of amides is 1. The molecule has 1 unspecified atom stereocenters. The lowest BCUT2D eigenvalue weighted by Crippen LogP contribution is -2.52. The van der Waals surface area contributed by atoms with E-state index in [4.69, 9.17) is 27.9 Å². The predicted octanol–water partition coefficient (Wildman–Crippen LogP) is 4.50. The van der Waals surface area contributed by atoms with Gasteiger partial charge in [0.25, 0.3) is 0 Å². The highest BCUT2D eigenvalue weighted by atomic mass is 35.5. The Morgan fingerprint density at radius 2 is 1.86 bits per heavy atom. The molecule has 0 aliphatic carbocycles. The first kappa shape index (κ1) is 20.8. The smallest absolute Gasteiger partial charge is 0.227 e. The first-order valence-electron chi connectivity index (χ1n) is 9.21. The summed E-state index contributed by atoms with van der Waals surface area (Å²) in [5.41, 5.74) is 3.10. The Morgan fingerprint density at radius 3 is 2.50 bits per heavy atom. The number of nitrogens with zero attached hydrogens (tertiary/aromatic N) is 1. The first-order valence-corrected chi connectivity index (χ1v) is 9.97. The third-order valence-electron chi connectivity index (χ3n) is 5.03. The van der Waals surface area contributed by atoms with Crippen LogP contribution in [0.25, 0.3) is 0 Å². The molecule has 0 saturated carbocycles. The summed E-state index contributed by atoms with van der Waals surface area (Å²) < 4.78 is 6.03. The van der Waals surface area contributed by atoms with Crippen LogP contribution in [0.2, 0.25) is 10.0 Å². The third-order valence-corrected chi connectivity index (χ3v) is 5.77. The number of rotatable bonds is 5. The van der Waals surface area contributed by atoms with Crippen molar-refractivity contribution in [1.29, 1.82) is 0 Å². The van der Waals surface area contributed by atoms with Gasteiger partial charge in [0.2, 0.25) is 5.91 Å².